The van der Waals surface area contributed by atoms with Gasteiger partial charge in [0.15, 0.2) is 0 Å². The minimum absolute atomic E-state index is 0. The van der Waals surface area contributed by atoms with Crippen LogP contribution in [0, 0.1) is 19.3 Å². The number of hydrogen-bond donors (Lipinski definition) is 1. The summed E-state index contributed by atoms with van der Waals surface area (Å²) in [6.07, 6.45) is 4.12. The van der Waals surface area contributed by atoms with Gasteiger partial charge < -0.3 is 9.84 Å². The molecular formula is C12H21ClN2O. The van der Waals surface area contributed by atoms with Crippen LogP contribution in [-0.2, 0) is 6.54 Å². The fraction of sp³-hybridized carbons (Fsp3) is 0.750. The van der Waals surface area contributed by atoms with E-state index in [0.29, 0.717) is 5.41 Å². The van der Waals surface area contributed by atoms with Gasteiger partial charge in [-0.1, -0.05) is 18.5 Å². The van der Waals surface area contributed by atoms with E-state index in [0.717, 1.165) is 24.5 Å². The van der Waals surface area contributed by atoms with E-state index in [2.05, 4.69) is 17.4 Å². The van der Waals surface area contributed by atoms with Gasteiger partial charge in [0.05, 0.1) is 5.69 Å². The summed E-state index contributed by atoms with van der Waals surface area (Å²) in [6, 6.07) is 0. The number of halogens is 1. The van der Waals surface area contributed by atoms with Crippen LogP contribution in [0.2, 0.25) is 0 Å². The molecule has 0 bridgehead atoms. The monoisotopic (exact) mass is 244 g/mol. The number of nitrogens with zero attached hydrogens (tertiary/aromatic N) is 1. The lowest BCUT2D eigenvalue weighted by molar-refractivity contribution is 0.156. The van der Waals surface area contributed by atoms with Crippen molar-refractivity contribution >= 4 is 12.4 Å². The van der Waals surface area contributed by atoms with E-state index in [4.69, 9.17) is 4.52 Å². The van der Waals surface area contributed by atoms with Crippen LogP contribution in [0.4, 0.5) is 0 Å². The van der Waals surface area contributed by atoms with Gasteiger partial charge in [0.2, 0.25) is 0 Å². The lowest BCUT2D eigenvalue weighted by Gasteiger charge is -2.38. The second-order valence-electron chi connectivity index (χ2n) is 5.07. The molecule has 0 atom stereocenters. The van der Waals surface area contributed by atoms with Crippen LogP contribution in [0.1, 0.15) is 43.2 Å². The highest BCUT2D eigenvalue weighted by Crippen LogP contribution is 2.39. The van der Waals surface area contributed by atoms with E-state index in [1.807, 2.05) is 13.8 Å². The van der Waals surface area contributed by atoms with Gasteiger partial charge >= 0.3 is 0 Å². The molecule has 1 aliphatic carbocycles. The zero-order valence-electron chi connectivity index (χ0n) is 10.3. The van der Waals surface area contributed by atoms with Crippen molar-refractivity contribution in [2.24, 2.45) is 5.41 Å². The molecule has 3 nitrogen and oxygen atoms in total. The highest BCUT2D eigenvalue weighted by Gasteiger charge is 2.31. The van der Waals surface area contributed by atoms with Crippen molar-refractivity contribution in [3.63, 3.8) is 0 Å². The highest BCUT2D eigenvalue weighted by molar-refractivity contribution is 5.85. The van der Waals surface area contributed by atoms with E-state index in [1.54, 1.807) is 0 Å². The molecule has 0 aliphatic heterocycles. The first kappa shape index (κ1) is 13.5. The molecule has 1 aliphatic rings. The van der Waals surface area contributed by atoms with Crippen LogP contribution in [0.15, 0.2) is 4.52 Å². The fourth-order valence-electron chi connectivity index (χ4n) is 2.20. The van der Waals surface area contributed by atoms with Gasteiger partial charge in [-0.3, -0.25) is 0 Å². The Kier molecular flexibility index (Phi) is 4.39. The van der Waals surface area contributed by atoms with E-state index in [1.165, 1.54) is 24.8 Å². The summed E-state index contributed by atoms with van der Waals surface area (Å²) >= 11 is 0. The average molecular weight is 245 g/mol. The van der Waals surface area contributed by atoms with Crippen molar-refractivity contribution in [3.05, 3.63) is 17.0 Å². The molecule has 1 aromatic rings. The summed E-state index contributed by atoms with van der Waals surface area (Å²) in [6.45, 7) is 8.32. The molecule has 0 unspecified atom stereocenters. The van der Waals surface area contributed by atoms with Crippen molar-refractivity contribution in [1.29, 1.82) is 0 Å². The van der Waals surface area contributed by atoms with Crippen LogP contribution in [0.3, 0.4) is 0 Å². The molecule has 1 saturated carbocycles. The van der Waals surface area contributed by atoms with Crippen LogP contribution < -0.4 is 5.32 Å². The number of rotatable bonds is 4. The van der Waals surface area contributed by atoms with Crippen LogP contribution in [-0.4, -0.2) is 11.7 Å². The Bertz CT molecular complexity index is 325. The molecular weight excluding hydrogens is 224 g/mol. The second kappa shape index (κ2) is 5.19. The van der Waals surface area contributed by atoms with Crippen molar-refractivity contribution in [2.75, 3.05) is 6.54 Å². The first-order valence-electron chi connectivity index (χ1n) is 5.73. The van der Waals surface area contributed by atoms with Gasteiger partial charge in [0, 0.05) is 18.7 Å². The molecule has 1 heterocycles. The summed E-state index contributed by atoms with van der Waals surface area (Å²) in [4.78, 5) is 0. The van der Waals surface area contributed by atoms with Crippen LogP contribution in [0.5, 0.6) is 0 Å². The first-order chi connectivity index (χ1) is 7.11. The molecule has 1 N–H and O–H groups in total. The van der Waals surface area contributed by atoms with Crippen molar-refractivity contribution < 1.29 is 4.52 Å². The quantitative estimate of drug-likeness (QED) is 0.885. The first-order valence-corrected chi connectivity index (χ1v) is 5.73. The minimum Gasteiger partial charge on any atom is -0.361 e. The third-order valence-electron chi connectivity index (χ3n) is 3.60. The molecule has 16 heavy (non-hydrogen) atoms. The van der Waals surface area contributed by atoms with Gasteiger partial charge in [-0.05, 0) is 32.1 Å². The molecule has 0 aromatic carbocycles. The number of nitrogens with one attached hydrogen (secondary N) is 1. The fourth-order valence-corrected chi connectivity index (χ4v) is 2.20. The average Bonchev–Trinajstić information content (AvgIpc) is 2.46. The SMILES string of the molecule is Cc1noc(C)c1CNCC1(C)CCC1.Cl. The predicted molar refractivity (Wildman–Crippen MR) is 66.9 cm³/mol. The molecule has 2 rings (SSSR count). The molecule has 0 spiro atoms. The van der Waals surface area contributed by atoms with Crippen molar-refractivity contribution in [1.82, 2.24) is 10.5 Å². The Balaban J connectivity index is 0.00000128. The van der Waals surface area contributed by atoms with Gasteiger partial charge in [0.25, 0.3) is 0 Å². The number of aryl methyl sites for hydroxylation is 2. The van der Waals surface area contributed by atoms with E-state index >= 15 is 0 Å². The topological polar surface area (TPSA) is 38.1 Å². The Morgan fingerprint density at radius 2 is 2.06 bits per heavy atom. The predicted octanol–water partition coefficient (Wildman–Crippen LogP) is 2.99. The number of hydrogen-bond acceptors (Lipinski definition) is 3. The van der Waals surface area contributed by atoms with Gasteiger partial charge in [-0.15, -0.1) is 12.4 Å². The maximum atomic E-state index is 5.13. The summed E-state index contributed by atoms with van der Waals surface area (Å²) in [5, 5.41) is 7.46. The molecule has 1 fully saturated rings. The Morgan fingerprint density at radius 1 is 1.38 bits per heavy atom. The normalized spacial score (nSPS) is 17.7. The Hall–Kier alpha value is -0.540. The summed E-state index contributed by atoms with van der Waals surface area (Å²) in [5.74, 6) is 0.943. The van der Waals surface area contributed by atoms with Crippen LogP contribution in [0.25, 0.3) is 0 Å². The number of aromatic nitrogens is 1. The van der Waals surface area contributed by atoms with E-state index in [9.17, 15) is 0 Å². The molecule has 92 valence electrons. The standard InChI is InChI=1S/C12H20N2O.ClH/c1-9-11(10(2)15-14-9)7-13-8-12(3)5-4-6-12;/h13H,4-8H2,1-3H3;1H. The minimum atomic E-state index is 0. The molecule has 4 heteroatoms. The van der Waals surface area contributed by atoms with Crippen molar-refractivity contribution in [2.45, 2.75) is 46.6 Å². The smallest absolute Gasteiger partial charge is 0.138 e. The van der Waals surface area contributed by atoms with Crippen molar-refractivity contribution in [3.8, 4) is 0 Å². The Morgan fingerprint density at radius 3 is 2.50 bits per heavy atom. The third-order valence-corrected chi connectivity index (χ3v) is 3.60. The lowest BCUT2D eigenvalue weighted by atomic mass is 9.70. The summed E-state index contributed by atoms with van der Waals surface area (Å²) < 4.78 is 5.13. The van der Waals surface area contributed by atoms with E-state index in [-0.39, 0.29) is 12.4 Å². The zero-order chi connectivity index (χ0) is 10.9. The van der Waals surface area contributed by atoms with Crippen LogP contribution >= 0.6 is 12.4 Å². The molecule has 1 aromatic heterocycles. The maximum absolute atomic E-state index is 5.13. The largest absolute Gasteiger partial charge is 0.361 e. The summed E-state index contributed by atoms with van der Waals surface area (Å²) in [5.41, 5.74) is 2.77. The molecule has 0 amide bonds. The van der Waals surface area contributed by atoms with Gasteiger partial charge in [-0.2, -0.15) is 0 Å². The zero-order valence-corrected chi connectivity index (χ0v) is 11.1. The summed E-state index contributed by atoms with van der Waals surface area (Å²) in [7, 11) is 0. The second-order valence-corrected chi connectivity index (χ2v) is 5.07. The molecule has 0 radical (unpaired) electrons. The van der Waals surface area contributed by atoms with E-state index < -0.39 is 0 Å². The molecule has 0 saturated heterocycles. The van der Waals surface area contributed by atoms with Gasteiger partial charge in [-0.25, -0.2) is 0 Å². The lowest BCUT2D eigenvalue weighted by Crippen LogP contribution is -2.37. The maximum Gasteiger partial charge on any atom is 0.138 e. The highest BCUT2D eigenvalue weighted by atomic mass is 35.5. The third kappa shape index (κ3) is 2.77. The van der Waals surface area contributed by atoms with Gasteiger partial charge in [0.1, 0.15) is 5.76 Å². The Labute approximate surface area is 103 Å².